The van der Waals surface area contributed by atoms with E-state index in [9.17, 15) is 0 Å². The van der Waals surface area contributed by atoms with Crippen molar-refractivity contribution in [3.8, 4) is 0 Å². The van der Waals surface area contributed by atoms with Gasteiger partial charge in [0.2, 0.25) is 0 Å². The highest BCUT2D eigenvalue weighted by molar-refractivity contribution is 5.81. The Morgan fingerprint density at radius 1 is 1.13 bits per heavy atom. The predicted molar refractivity (Wildman–Crippen MR) is 64.2 cm³/mol. The largest absolute Gasteiger partial charge is 0.297 e. The molecule has 0 atom stereocenters. The number of piperidine rings is 1. The molecular formula is C13H18N2. The van der Waals surface area contributed by atoms with E-state index in [1.165, 1.54) is 30.4 Å². The van der Waals surface area contributed by atoms with Crippen molar-refractivity contribution in [3.63, 3.8) is 0 Å². The van der Waals surface area contributed by atoms with Crippen LogP contribution < -0.4 is 0 Å². The number of aryl methyl sites for hydroxylation is 1. The molecule has 0 bridgehead atoms. The zero-order valence-corrected chi connectivity index (χ0v) is 9.32. The number of nitrogens with zero attached hydrogens (tertiary/aromatic N) is 2. The maximum Gasteiger partial charge on any atom is 0.0545 e. The Morgan fingerprint density at radius 3 is 2.60 bits per heavy atom. The summed E-state index contributed by atoms with van der Waals surface area (Å²) in [5.74, 6) is 0. The van der Waals surface area contributed by atoms with E-state index in [1.54, 1.807) is 0 Å². The second kappa shape index (κ2) is 4.96. The van der Waals surface area contributed by atoms with Crippen molar-refractivity contribution in [2.24, 2.45) is 5.10 Å². The standard InChI is InChI=1S/C13H18N2/c1-12-7-3-4-8-13(12)11-14-15-9-5-2-6-10-15/h3-4,7-8,11H,2,5-6,9-10H2,1H3/b14-11+. The first-order chi connectivity index (χ1) is 7.36. The molecule has 0 aliphatic carbocycles. The van der Waals surface area contributed by atoms with Crippen LogP contribution in [0, 0.1) is 6.92 Å². The molecule has 0 N–H and O–H groups in total. The number of hydrazone groups is 1. The van der Waals surface area contributed by atoms with E-state index in [1.807, 2.05) is 6.21 Å². The van der Waals surface area contributed by atoms with E-state index >= 15 is 0 Å². The highest BCUT2D eigenvalue weighted by atomic mass is 15.4. The Balaban J connectivity index is 2.01. The lowest BCUT2D eigenvalue weighted by Gasteiger charge is -2.23. The van der Waals surface area contributed by atoms with Gasteiger partial charge in [0.05, 0.1) is 6.21 Å². The van der Waals surface area contributed by atoms with Crippen molar-refractivity contribution < 1.29 is 0 Å². The fourth-order valence-corrected chi connectivity index (χ4v) is 1.87. The Hall–Kier alpha value is -1.31. The van der Waals surface area contributed by atoms with E-state index in [4.69, 9.17) is 0 Å². The number of hydrogen-bond donors (Lipinski definition) is 0. The van der Waals surface area contributed by atoms with Gasteiger partial charge in [0, 0.05) is 13.1 Å². The van der Waals surface area contributed by atoms with Crippen LogP contribution in [0.1, 0.15) is 30.4 Å². The average Bonchev–Trinajstić information content (AvgIpc) is 2.29. The topological polar surface area (TPSA) is 15.6 Å². The SMILES string of the molecule is Cc1ccccc1/C=N/N1CCCCC1. The first kappa shape index (κ1) is 10.2. The molecule has 2 heteroatoms. The Labute approximate surface area is 91.6 Å². The second-order valence-electron chi connectivity index (χ2n) is 4.12. The van der Waals surface area contributed by atoms with E-state index in [0.29, 0.717) is 0 Å². The molecule has 1 saturated heterocycles. The monoisotopic (exact) mass is 202 g/mol. The molecule has 15 heavy (non-hydrogen) atoms. The van der Waals surface area contributed by atoms with E-state index in [-0.39, 0.29) is 0 Å². The fourth-order valence-electron chi connectivity index (χ4n) is 1.87. The van der Waals surface area contributed by atoms with Crippen LogP contribution in [0.4, 0.5) is 0 Å². The summed E-state index contributed by atoms with van der Waals surface area (Å²) in [7, 11) is 0. The molecule has 80 valence electrons. The summed E-state index contributed by atoms with van der Waals surface area (Å²) in [6.07, 6.45) is 5.91. The van der Waals surface area contributed by atoms with Gasteiger partial charge in [-0.05, 0) is 37.3 Å². The van der Waals surface area contributed by atoms with Crippen molar-refractivity contribution >= 4 is 6.21 Å². The minimum atomic E-state index is 1.11. The molecule has 0 spiro atoms. The third-order valence-corrected chi connectivity index (χ3v) is 2.88. The molecule has 1 aromatic carbocycles. The molecular weight excluding hydrogens is 184 g/mol. The van der Waals surface area contributed by atoms with Crippen LogP contribution >= 0.6 is 0 Å². The van der Waals surface area contributed by atoms with Gasteiger partial charge in [-0.2, -0.15) is 5.10 Å². The molecule has 1 fully saturated rings. The summed E-state index contributed by atoms with van der Waals surface area (Å²) < 4.78 is 0. The second-order valence-corrected chi connectivity index (χ2v) is 4.12. The van der Waals surface area contributed by atoms with Crippen LogP contribution in [-0.4, -0.2) is 24.3 Å². The van der Waals surface area contributed by atoms with Crippen molar-refractivity contribution in [1.29, 1.82) is 0 Å². The first-order valence-corrected chi connectivity index (χ1v) is 5.71. The summed E-state index contributed by atoms with van der Waals surface area (Å²) in [5.41, 5.74) is 2.52. The van der Waals surface area contributed by atoms with E-state index in [2.05, 4.69) is 41.3 Å². The summed E-state index contributed by atoms with van der Waals surface area (Å²) in [6, 6.07) is 8.36. The predicted octanol–water partition coefficient (Wildman–Crippen LogP) is 2.81. The van der Waals surface area contributed by atoms with Crippen LogP contribution in [0.15, 0.2) is 29.4 Å². The van der Waals surface area contributed by atoms with Gasteiger partial charge in [0.1, 0.15) is 0 Å². The van der Waals surface area contributed by atoms with Crippen molar-refractivity contribution in [3.05, 3.63) is 35.4 Å². The van der Waals surface area contributed by atoms with Crippen LogP contribution in [0.3, 0.4) is 0 Å². The van der Waals surface area contributed by atoms with Crippen molar-refractivity contribution in [2.75, 3.05) is 13.1 Å². The van der Waals surface area contributed by atoms with Crippen LogP contribution in [0.5, 0.6) is 0 Å². The maximum absolute atomic E-state index is 4.52. The summed E-state index contributed by atoms with van der Waals surface area (Å²) in [6.45, 7) is 4.35. The number of benzene rings is 1. The molecule has 0 saturated carbocycles. The third kappa shape index (κ3) is 2.82. The molecule has 1 aromatic rings. The van der Waals surface area contributed by atoms with Crippen LogP contribution in [0.25, 0.3) is 0 Å². The molecule has 0 amide bonds. The summed E-state index contributed by atoms with van der Waals surface area (Å²) in [4.78, 5) is 0. The zero-order chi connectivity index (χ0) is 10.5. The minimum absolute atomic E-state index is 1.11. The van der Waals surface area contributed by atoms with E-state index < -0.39 is 0 Å². The molecule has 1 aliphatic rings. The lowest BCUT2D eigenvalue weighted by atomic mass is 10.1. The quantitative estimate of drug-likeness (QED) is 0.673. The van der Waals surface area contributed by atoms with Gasteiger partial charge in [0.25, 0.3) is 0 Å². The fraction of sp³-hybridized carbons (Fsp3) is 0.462. The van der Waals surface area contributed by atoms with Gasteiger partial charge >= 0.3 is 0 Å². The zero-order valence-electron chi connectivity index (χ0n) is 9.32. The minimum Gasteiger partial charge on any atom is -0.297 e. The summed E-state index contributed by atoms with van der Waals surface area (Å²) in [5, 5.41) is 6.70. The molecule has 0 aromatic heterocycles. The first-order valence-electron chi connectivity index (χ1n) is 5.71. The highest BCUT2D eigenvalue weighted by Crippen LogP contribution is 2.09. The summed E-state index contributed by atoms with van der Waals surface area (Å²) >= 11 is 0. The van der Waals surface area contributed by atoms with Crippen molar-refractivity contribution in [2.45, 2.75) is 26.2 Å². The van der Waals surface area contributed by atoms with Gasteiger partial charge in [-0.25, -0.2) is 0 Å². The molecule has 1 heterocycles. The third-order valence-electron chi connectivity index (χ3n) is 2.88. The van der Waals surface area contributed by atoms with Crippen molar-refractivity contribution in [1.82, 2.24) is 5.01 Å². The normalized spacial score (nSPS) is 17.3. The Kier molecular flexibility index (Phi) is 3.38. The molecule has 2 nitrogen and oxygen atoms in total. The smallest absolute Gasteiger partial charge is 0.0545 e. The maximum atomic E-state index is 4.52. The van der Waals surface area contributed by atoms with Gasteiger partial charge in [-0.15, -0.1) is 0 Å². The van der Waals surface area contributed by atoms with E-state index in [0.717, 1.165) is 13.1 Å². The van der Waals surface area contributed by atoms with Gasteiger partial charge < -0.3 is 0 Å². The van der Waals surface area contributed by atoms with Gasteiger partial charge in [-0.1, -0.05) is 24.3 Å². The van der Waals surface area contributed by atoms with Crippen LogP contribution in [0.2, 0.25) is 0 Å². The lowest BCUT2D eigenvalue weighted by Crippen LogP contribution is -2.24. The Morgan fingerprint density at radius 2 is 1.87 bits per heavy atom. The molecule has 2 rings (SSSR count). The average molecular weight is 202 g/mol. The number of rotatable bonds is 2. The number of hydrogen-bond acceptors (Lipinski definition) is 2. The molecule has 0 unspecified atom stereocenters. The molecule has 1 aliphatic heterocycles. The molecule has 0 radical (unpaired) electrons. The Bertz CT molecular complexity index is 338. The van der Waals surface area contributed by atoms with Gasteiger partial charge in [-0.3, -0.25) is 5.01 Å². The van der Waals surface area contributed by atoms with Crippen LogP contribution in [-0.2, 0) is 0 Å². The van der Waals surface area contributed by atoms with Gasteiger partial charge in [0.15, 0.2) is 0 Å². The lowest BCUT2D eigenvalue weighted by molar-refractivity contribution is 0.240. The highest BCUT2D eigenvalue weighted by Gasteiger charge is 2.06.